The maximum absolute atomic E-state index is 13.8. The quantitative estimate of drug-likeness (QED) is 0.450. The van der Waals surface area contributed by atoms with Crippen LogP contribution in [0.2, 0.25) is 0 Å². The predicted molar refractivity (Wildman–Crippen MR) is 138 cm³/mol. The van der Waals surface area contributed by atoms with Gasteiger partial charge in [0, 0.05) is 28.6 Å². The van der Waals surface area contributed by atoms with Crippen molar-refractivity contribution in [2.45, 2.75) is 38.8 Å². The summed E-state index contributed by atoms with van der Waals surface area (Å²) in [6, 6.07) is 13.0. The molecule has 8 heteroatoms. The first-order chi connectivity index (χ1) is 17.1. The molecule has 6 nitrogen and oxygen atoms in total. The molecule has 1 atom stereocenters. The van der Waals surface area contributed by atoms with Crippen LogP contribution in [0.25, 0.3) is 0 Å². The molecule has 190 valence electrons. The van der Waals surface area contributed by atoms with E-state index in [1.54, 1.807) is 51.5 Å². The molecule has 1 unspecified atom stereocenters. The molecule has 2 heterocycles. The molecule has 0 N–H and O–H groups in total. The number of amides is 2. The van der Waals surface area contributed by atoms with E-state index in [-0.39, 0.29) is 30.2 Å². The van der Waals surface area contributed by atoms with Gasteiger partial charge in [0.15, 0.2) is 0 Å². The minimum atomic E-state index is -0.627. The Labute approximate surface area is 215 Å². The fraction of sp³-hybridized carbons (Fsp3) is 0.357. The fourth-order valence-corrected chi connectivity index (χ4v) is 5.42. The van der Waals surface area contributed by atoms with Gasteiger partial charge in [0.1, 0.15) is 23.9 Å². The monoisotopic (exact) mass is 510 g/mol. The molecular weight excluding hydrogens is 479 g/mol. The third-order valence-corrected chi connectivity index (χ3v) is 7.42. The highest BCUT2D eigenvalue weighted by molar-refractivity contribution is 7.10. The van der Waals surface area contributed by atoms with Crippen molar-refractivity contribution in [2.24, 2.45) is 0 Å². The Morgan fingerprint density at radius 3 is 2.28 bits per heavy atom. The molecule has 0 bridgehead atoms. The zero-order valence-corrected chi connectivity index (χ0v) is 22.0. The lowest BCUT2D eigenvalue weighted by Gasteiger charge is -2.40. The van der Waals surface area contributed by atoms with Crippen LogP contribution >= 0.6 is 11.3 Å². The zero-order valence-electron chi connectivity index (χ0n) is 21.2. The van der Waals surface area contributed by atoms with Crippen LogP contribution in [0.1, 0.15) is 53.2 Å². The van der Waals surface area contributed by atoms with Gasteiger partial charge in [0.2, 0.25) is 5.91 Å². The molecular formula is C28H31FN2O4S. The standard InChI is InChI=1S/C28H31FN2O4S/c1-28(2,3)31(27(33)19-14-21(34-4)16-22(15-19)35-5)17-25(32)30-12-10-24-23(11-13-36-24)26(30)18-6-8-20(29)9-7-18/h6-9,11,13-16,26H,10,12,17H2,1-5H3. The van der Waals surface area contributed by atoms with Crippen LogP contribution in [0, 0.1) is 5.82 Å². The minimum absolute atomic E-state index is 0.0982. The maximum Gasteiger partial charge on any atom is 0.255 e. The number of carbonyl (C=O) groups excluding carboxylic acids is 2. The first-order valence-corrected chi connectivity index (χ1v) is 12.7. The van der Waals surface area contributed by atoms with Crippen LogP contribution in [-0.4, -0.2) is 54.5 Å². The normalized spacial score (nSPS) is 15.3. The predicted octanol–water partition coefficient (Wildman–Crippen LogP) is 5.32. The average molecular weight is 511 g/mol. The third kappa shape index (κ3) is 5.23. The number of carbonyl (C=O) groups is 2. The number of nitrogens with zero attached hydrogens (tertiary/aromatic N) is 2. The van der Waals surface area contributed by atoms with E-state index in [0.717, 1.165) is 17.5 Å². The Balaban J connectivity index is 1.66. The lowest BCUT2D eigenvalue weighted by atomic mass is 9.93. The van der Waals surface area contributed by atoms with Crippen LogP contribution in [0.4, 0.5) is 4.39 Å². The summed E-state index contributed by atoms with van der Waals surface area (Å²) in [6.45, 7) is 6.13. The first-order valence-electron chi connectivity index (χ1n) is 11.8. The molecule has 1 aromatic heterocycles. The number of hydrogen-bond donors (Lipinski definition) is 0. The summed E-state index contributed by atoms with van der Waals surface area (Å²) in [5.41, 5.74) is 1.65. The van der Waals surface area contributed by atoms with Gasteiger partial charge in [-0.25, -0.2) is 4.39 Å². The Morgan fingerprint density at radius 1 is 1.06 bits per heavy atom. The first kappa shape index (κ1) is 25.7. The Hall–Kier alpha value is -3.39. The summed E-state index contributed by atoms with van der Waals surface area (Å²) in [5.74, 6) is 0.209. The summed E-state index contributed by atoms with van der Waals surface area (Å²) >= 11 is 1.67. The molecule has 0 aliphatic carbocycles. The van der Waals surface area contributed by atoms with Gasteiger partial charge in [0.25, 0.3) is 5.91 Å². The Morgan fingerprint density at radius 2 is 1.69 bits per heavy atom. The van der Waals surface area contributed by atoms with Gasteiger partial charge in [0.05, 0.1) is 20.3 Å². The van der Waals surface area contributed by atoms with Crippen LogP contribution in [0.15, 0.2) is 53.9 Å². The highest BCUT2D eigenvalue weighted by Gasteiger charge is 2.36. The lowest BCUT2D eigenvalue weighted by molar-refractivity contribution is -0.135. The van der Waals surface area contributed by atoms with Crippen molar-refractivity contribution in [3.05, 3.63) is 81.3 Å². The van der Waals surface area contributed by atoms with E-state index in [9.17, 15) is 14.0 Å². The SMILES string of the molecule is COc1cc(OC)cc(C(=O)N(CC(=O)N2CCc3sccc3C2c2ccc(F)cc2)C(C)(C)C)c1. The second kappa shape index (κ2) is 10.3. The highest BCUT2D eigenvalue weighted by Crippen LogP contribution is 2.38. The maximum atomic E-state index is 13.8. The molecule has 0 radical (unpaired) electrons. The van der Waals surface area contributed by atoms with E-state index in [1.165, 1.54) is 31.2 Å². The van der Waals surface area contributed by atoms with E-state index in [1.807, 2.05) is 32.2 Å². The molecule has 0 saturated carbocycles. The number of methoxy groups -OCH3 is 2. The van der Waals surface area contributed by atoms with E-state index in [4.69, 9.17) is 9.47 Å². The summed E-state index contributed by atoms with van der Waals surface area (Å²) in [7, 11) is 3.05. The van der Waals surface area contributed by atoms with Crippen LogP contribution in [0.3, 0.4) is 0 Å². The van der Waals surface area contributed by atoms with Gasteiger partial charge < -0.3 is 19.3 Å². The molecule has 0 spiro atoms. The molecule has 0 fully saturated rings. The van der Waals surface area contributed by atoms with Crippen LogP contribution in [-0.2, 0) is 11.2 Å². The second-order valence-electron chi connectivity index (χ2n) is 9.75. The number of rotatable bonds is 6. The van der Waals surface area contributed by atoms with Crippen LogP contribution in [0.5, 0.6) is 11.5 Å². The average Bonchev–Trinajstić information content (AvgIpc) is 3.34. The molecule has 1 aliphatic rings. The van der Waals surface area contributed by atoms with Gasteiger partial charge in [-0.15, -0.1) is 11.3 Å². The largest absolute Gasteiger partial charge is 0.497 e. The van der Waals surface area contributed by atoms with Gasteiger partial charge in [-0.2, -0.15) is 0 Å². The molecule has 2 aromatic carbocycles. The number of hydrogen-bond acceptors (Lipinski definition) is 5. The molecule has 1 aliphatic heterocycles. The van der Waals surface area contributed by atoms with Crippen LogP contribution < -0.4 is 9.47 Å². The Bertz CT molecular complexity index is 1230. The van der Waals surface area contributed by atoms with Crippen molar-refractivity contribution in [3.8, 4) is 11.5 Å². The van der Waals surface area contributed by atoms with Gasteiger partial charge in [-0.1, -0.05) is 12.1 Å². The zero-order chi connectivity index (χ0) is 26.0. The van der Waals surface area contributed by atoms with E-state index in [0.29, 0.717) is 23.6 Å². The van der Waals surface area contributed by atoms with Crippen molar-refractivity contribution in [1.82, 2.24) is 9.80 Å². The molecule has 4 rings (SSSR count). The third-order valence-electron chi connectivity index (χ3n) is 6.42. The molecule has 0 saturated heterocycles. The summed E-state index contributed by atoms with van der Waals surface area (Å²) in [6.07, 6.45) is 0.743. The van der Waals surface area contributed by atoms with E-state index in [2.05, 4.69) is 0 Å². The van der Waals surface area contributed by atoms with Crippen molar-refractivity contribution in [1.29, 1.82) is 0 Å². The van der Waals surface area contributed by atoms with E-state index >= 15 is 0 Å². The van der Waals surface area contributed by atoms with Crippen molar-refractivity contribution < 1.29 is 23.5 Å². The number of fused-ring (bicyclic) bond motifs is 1. The van der Waals surface area contributed by atoms with Crippen molar-refractivity contribution in [3.63, 3.8) is 0 Å². The smallest absolute Gasteiger partial charge is 0.255 e. The summed E-state index contributed by atoms with van der Waals surface area (Å²) in [5, 5.41) is 2.02. The number of halogens is 1. The number of thiophene rings is 1. The van der Waals surface area contributed by atoms with Gasteiger partial charge >= 0.3 is 0 Å². The van der Waals surface area contributed by atoms with Crippen molar-refractivity contribution in [2.75, 3.05) is 27.3 Å². The number of benzene rings is 2. The summed E-state index contributed by atoms with van der Waals surface area (Å²) < 4.78 is 24.3. The highest BCUT2D eigenvalue weighted by atomic mass is 32.1. The fourth-order valence-electron chi connectivity index (χ4n) is 4.52. The van der Waals surface area contributed by atoms with E-state index < -0.39 is 5.54 Å². The second-order valence-corrected chi connectivity index (χ2v) is 10.8. The van der Waals surface area contributed by atoms with Gasteiger partial charge in [-0.3, -0.25) is 9.59 Å². The van der Waals surface area contributed by atoms with Crippen molar-refractivity contribution >= 4 is 23.2 Å². The van der Waals surface area contributed by atoms with Gasteiger partial charge in [-0.05, 0) is 74.0 Å². The summed E-state index contributed by atoms with van der Waals surface area (Å²) in [4.78, 5) is 32.1. The molecule has 2 amide bonds. The Kier molecular flexibility index (Phi) is 7.36. The topological polar surface area (TPSA) is 59.1 Å². The lowest BCUT2D eigenvalue weighted by Crippen LogP contribution is -2.52. The number of ether oxygens (including phenoxy) is 2. The minimum Gasteiger partial charge on any atom is -0.497 e. The molecule has 36 heavy (non-hydrogen) atoms. The molecule has 3 aromatic rings.